The molecule has 0 spiro atoms. The lowest BCUT2D eigenvalue weighted by molar-refractivity contribution is -0.0110. The molecule has 0 saturated carbocycles. The maximum atomic E-state index is 12.1. The van der Waals surface area contributed by atoms with Crippen LogP contribution in [-0.4, -0.2) is 52.9 Å². The van der Waals surface area contributed by atoms with Crippen molar-refractivity contribution in [3.8, 4) is 0 Å². The molecular weight excluding hydrogens is 442 g/mol. The minimum Gasteiger partial charge on any atom is -0.422 e. The molecule has 0 aliphatic heterocycles. The van der Waals surface area contributed by atoms with Crippen LogP contribution >= 0.6 is 0 Å². The van der Waals surface area contributed by atoms with E-state index in [1.54, 1.807) is 0 Å². The lowest BCUT2D eigenvalue weighted by atomic mass is 10.1. The van der Waals surface area contributed by atoms with E-state index in [0.717, 1.165) is 65.7 Å². The first-order valence-electron chi connectivity index (χ1n) is 12.1. The van der Waals surface area contributed by atoms with Gasteiger partial charge in [-0.25, -0.2) is 9.78 Å². The summed E-state index contributed by atoms with van der Waals surface area (Å²) in [7, 11) is 2.09. The molecule has 0 aliphatic rings. The Morgan fingerprint density at radius 3 is 2.83 bits per heavy atom. The molecule has 0 aliphatic carbocycles. The lowest BCUT2D eigenvalue weighted by Crippen LogP contribution is -2.21. The van der Waals surface area contributed by atoms with Crippen molar-refractivity contribution in [1.82, 2.24) is 19.9 Å². The van der Waals surface area contributed by atoms with Crippen LogP contribution in [0.4, 0.5) is 10.5 Å². The Kier molecular flexibility index (Phi) is 8.28. The number of benzene rings is 2. The lowest BCUT2D eigenvalue weighted by Gasteiger charge is -2.16. The van der Waals surface area contributed by atoms with Crippen molar-refractivity contribution in [2.24, 2.45) is 0 Å². The van der Waals surface area contributed by atoms with Crippen LogP contribution in [0.3, 0.4) is 0 Å². The highest BCUT2D eigenvalue weighted by Gasteiger charge is 2.12. The molecule has 8 nitrogen and oxygen atoms in total. The summed E-state index contributed by atoms with van der Waals surface area (Å²) in [6, 6.07) is 13.7. The second-order valence-corrected chi connectivity index (χ2v) is 8.76. The van der Waals surface area contributed by atoms with Crippen LogP contribution in [0.5, 0.6) is 0 Å². The number of nitrogens with zero attached hydrogens (tertiary/aromatic N) is 3. The summed E-state index contributed by atoms with van der Waals surface area (Å²) < 4.78 is 10.4. The molecule has 2 aromatic carbocycles. The predicted octanol–water partition coefficient (Wildman–Crippen LogP) is 5.42. The van der Waals surface area contributed by atoms with E-state index in [1.165, 1.54) is 5.56 Å². The minimum atomic E-state index is -0.522. The van der Waals surface area contributed by atoms with E-state index in [1.807, 2.05) is 48.7 Å². The van der Waals surface area contributed by atoms with Gasteiger partial charge in [0.15, 0.2) is 6.79 Å². The van der Waals surface area contributed by atoms with Crippen molar-refractivity contribution in [2.75, 3.05) is 32.3 Å². The number of ether oxygens (including phenoxy) is 2. The fourth-order valence-corrected chi connectivity index (χ4v) is 4.07. The van der Waals surface area contributed by atoms with Crippen LogP contribution in [0.1, 0.15) is 36.7 Å². The zero-order chi connectivity index (χ0) is 24.6. The second kappa shape index (κ2) is 11.8. The monoisotopic (exact) mass is 475 g/mol. The number of likely N-dealkylation sites (N-methyl/N-ethyl adjacent to an activating group) is 1. The molecule has 184 valence electrons. The quantitative estimate of drug-likeness (QED) is 0.222. The standard InChI is InChI=1S/C27H33N5O3/c1-4-5-14-34-18-35-27(33)31-20-10-11-24-23(15-20)22(19(2)29-24)12-13-32(3)17-21-16-28-25-8-6-7-9-26(25)30-21/h6-11,15-16,29H,4-5,12-14,17-18H2,1-3H3,(H,31,33). The molecule has 2 aromatic heterocycles. The van der Waals surface area contributed by atoms with Crippen molar-refractivity contribution < 1.29 is 14.3 Å². The highest BCUT2D eigenvalue weighted by Crippen LogP contribution is 2.26. The van der Waals surface area contributed by atoms with Gasteiger partial charge in [0.2, 0.25) is 0 Å². The molecule has 0 atom stereocenters. The summed E-state index contributed by atoms with van der Waals surface area (Å²) in [5, 5.41) is 3.89. The Balaban J connectivity index is 1.36. The third kappa shape index (κ3) is 6.55. The normalized spacial score (nSPS) is 11.4. The topological polar surface area (TPSA) is 92.4 Å². The van der Waals surface area contributed by atoms with Crippen LogP contribution in [0.15, 0.2) is 48.7 Å². The van der Waals surface area contributed by atoms with E-state index < -0.39 is 6.09 Å². The average Bonchev–Trinajstić information content (AvgIpc) is 3.16. The summed E-state index contributed by atoms with van der Waals surface area (Å²) in [4.78, 5) is 27.0. The first kappa shape index (κ1) is 24.6. The van der Waals surface area contributed by atoms with Crippen molar-refractivity contribution in [3.05, 3.63) is 65.6 Å². The van der Waals surface area contributed by atoms with E-state index in [0.29, 0.717) is 12.3 Å². The zero-order valence-electron chi connectivity index (χ0n) is 20.6. The first-order chi connectivity index (χ1) is 17.0. The van der Waals surface area contributed by atoms with E-state index >= 15 is 0 Å². The fraction of sp³-hybridized carbons (Fsp3) is 0.370. The second-order valence-electron chi connectivity index (χ2n) is 8.76. The van der Waals surface area contributed by atoms with Crippen LogP contribution in [0.2, 0.25) is 0 Å². The molecule has 4 aromatic rings. The molecule has 0 saturated heterocycles. The number of H-pyrrole nitrogens is 1. The van der Waals surface area contributed by atoms with Gasteiger partial charge in [-0.3, -0.25) is 10.3 Å². The molecule has 8 heteroatoms. The third-order valence-corrected chi connectivity index (χ3v) is 5.96. The van der Waals surface area contributed by atoms with Gasteiger partial charge in [0.05, 0.1) is 29.5 Å². The highest BCUT2D eigenvalue weighted by molar-refractivity contribution is 5.92. The number of carbonyl (C=O) groups is 1. The smallest absolute Gasteiger partial charge is 0.413 e. The third-order valence-electron chi connectivity index (χ3n) is 5.96. The summed E-state index contributed by atoms with van der Waals surface area (Å²) >= 11 is 0. The zero-order valence-corrected chi connectivity index (χ0v) is 20.6. The van der Waals surface area contributed by atoms with Crippen molar-refractivity contribution >= 4 is 33.7 Å². The van der Waals surface area contributed by atoms with Gasteiger partial charge in [-0.1, -0.05) is 25.5 Å². The van der Waals surface area contributed by atoms with Crippen LogP contribution in [-0.2, 0) is 22.4 Å². The first-order valence-corrected chi connectivity index (χ1v) is 12.1. The van der Waals surface area contributed by atoms with Gasteiger partial charge >= 0.3 is 6.09 Å². The number of fused-ring (bicyclic) bond motifs is 2. The van der Waals surface area contributed by atoms with Gasteiger partial charge in [0.25, 0.3) is 0 Å². The summed E-state index contributed by atoms with van der Waals surface area (Å²) in [5.41, 5.74) is 6.87. The molecule has 35 heavy (non-hydrogen) atoms. The Bertz CT molecular complexity index is 1290. The predicted molar refractivity (Wildman–Crippen MR) is 138 cm³/mol. The SMILES string of the molecule is CCCCOCOC(=O)Nc1ccc2[nH]c(C)c(CCN(C)Cc3cnc4ccccc4n3)c2c1. The number of carbonyl (C=O) groups excluding carboxylic acids is 1. The van der Waals surface area contributed by atoms with Gasteiger partial charge < -0.3 is 19.4 Å². The Labute approximate surface area is 205 Å². The molecule has 1 amide bonds. The number of hydrogen-bond acceptors (Lipinski definition) is 6. The van der Waals surface area contributed by atoms with E-state index in [9.17, 15) is 4.79 Å². The number of amides is 1. The Hall–Kier alpha value is -3.49. The van der Waals surface area contributed by atoms with Gasteiger partial charge in [-0.15, -0.1) is 0 Å². The number of aromatic nitrogens is 3. The maximum Gasteiger partial charge on any atom is 0.413 e. The molecule has 2 N–H and O–H groups in total. The van der Waals surface area contributed by atoms with Gasteiger partial charge in [0.1, 0.15) is 0 Å². The van der Waals surface area contributed by atoms with Crippen molar-refractivity contribution in [3.63, 3.8) is 0 Å². The number of aryl methyl sites for hydroxylation is 1. The maximum absolute atomic E-state index is 12.1. The number of unbranched alkanes of at least 4 members (excludes halogenated alkanes) is 1. The highest BCUT2D eigenvalue weighted by atomic mass is 16.7. The molecule has 0 bridgehead atoms. The molecule has 0 radical (unpaired) electrons. The minimum absolute atomic E-state index is 0.0451. The fourth-order valence-electron chi connectivity index (χ4n) is 4.07. The van der Waals surface area contributed by atoms with Crippen LogP contribution in [0, 0.1) is 6.92 Å². The van der Waals surface area contributed by atoms with Crippen molar-refractivity contribution in [2.45, 2.75) is 39.7 Å². The molecule has 2 heterocycles. The molecular formula is C27H33N5O3. The number of para-hydroxylation sites is 2. The molecule has 0 fully saturated rings. The van der Waals surface area contributed by atoms with E-state index in [4.69, 9.17) is 14.5 Å². The van der Waals surface area contributed by atoms with Gasteiger partial charge in [-0.05, 0) is 62.7 Å². The van der Waals surface area contributed by atoms with Gasteiger partial charge in [-0.2, -0.15) is 0 Å². The van der Waals surface area contributed by atoms with Crippen LogP contribution < -0.4 is 5.32 Å². The Morgan fingerprint density at radius 2 is 2.00 bits per heavy atom. The molecule has 0 unspecified atom stereocenters. The largest absolute Gasteiger partial charge is 0.422 e. The number of anilines is 1. The number of hydrogen-bond donors (Lipinski definition) is 2. The summed E-state index contributed by atoms with van der Waals surface area (Å²) in [6.07, 6.45) is 4.18. The van der Waals surface area contributed by atoms with E-state index in [2.05, 4.69) is 41.1 Å². The Morgan fingerprint density at radius 1 is 1.17 bits per heavy atom. The van der Waals surface area contributed by atoms with Crippen LogP contribution in [0.25, 0.3) is 21.9 Å². The molecule has 4 rings (SSSR count). The van der Waals surface area contributed by atoms with E-state index in [-0.39, 0.29) is 6.79 Å². The number of aromatic amines is 1. The summed E-state index contributed by atoms with van der Waals surface area (Å²) in [5.74, 6) is 0. The number of nitrogens with one attached hydrogen (secondary N) is 2. The van der Waals surface area contributed by atoms with Gasteiger partial charge in [0, 0.05) is 35.4 Å². The average molecular weight is 476 g/mol. The summed E-state index contributed by atoms with van der Waals surface area (Å²) in [6.45, 7) is 6.29. The van der Waals surface area contributed by atoms with Crippen molar-refractivity contribution in [1.29, 1.82) is 0 Å². The number of rotatable bonds is 11.